The third-order valence-electron chi connectivity index (χ3n) is 3.58. The maximum absolute atomic E-state index is 12.2. The molecular formula is C16H16ClF3N6O. The monoisotopic (exact) mass is 400 g/mol. The van der Waals surface area contributed by atoms with Gasteiger partial charge in [0.1, 0.15) is 23.5 Å². The van der Waals surface area contributed by atoms with Crippen molar-refractivity contribution in [1.29, 1.82) is 0 Å². The molecule has 3 aromatic rings. The molecule has 0 saturated heterocycles. The summed E-state index contributed by atoms with van der Waals surface area (Å²) in [6.07, 6.45) is -4.37. The molecule has 0 aliphatic heterocycles. The molecule has 11 heteroatoms. The Hall–Kier alpha value is -2.46. The number of nitrogens with zero attached hydrogens (tertiary/aromatic N) is 5. The molecule has 0 aliphatic carbocycles. The molecule has 7 nitrogen and oxygen atoms in total. The number of hydrogen-bond donors (Lipinski definition) is 1. The Morgan fingerprint density at radius 3 is 2.67 bits per heavy atom. The molecule has 3 aromatic heterocycles. The summed E-state index contributed by atoms with van der Waals surface area (Å²) in [4.78, 5) is 12.7. The van der Waals surface area contributed by atoms with Gasteiger partial charge >= 0.3 is 6.18 Å². The van der Waals surface area contributed by atoms with Gasteiger partial charge in [-0.3, -0.25) is 4.68 Å². The first-order valence-corrected chi connectivity index (χ1v) is 8.36. The lowest BCUT2D eigenvalue weighted by Gasteiger charge is -2.11. The molecule has 0 atom stereocenters. The number of pyridine rings is 1. The van der Waals surface area contributed by atoms with Crippen molar-refractivity contribution in [3.05, 3.63) is 34.9 Å². The fraction of sp³-hybridized carbons (Fsp3) is 0.375. The number of ether oxygens (including phenoxy) is 1. The summed E-state index contributed by atoms with van der Waals surface area (Å²) in [5.74, 6) is 0.907. The summed E-state index contributed by atoms with van der Waals surface area (Å²) in [6, 6.07) is 5.44. The molecule has 1 N–H and O–H groups in total. The van der Waals surface area contributed by atoms with E-state index in [-0.39, 0.29) is 18.4 Å². The molecule has 0 amide bonds. The second-order valence-corrected chi connectivity index (χ2v) is 6.14. The minimum absolute atomic E-state index is 0.0219. The summed E-state index contributed by atoms with van der Waals surface area (Å²) in [6.45, 7) is 2.20. The Morgan fingerprint density at radius 1 is 1.19 bits per heavy atom. The maximum atomic E-state index is 12.2. The summed E-state index contributed by atoms with van der Waals surface area (Å²) < 4.78 is 42.8. The van der Waals surface area contributed by atoms with Crippen LogP contribution in [0.4, 0.5) is 24.8 Å². The molecule has 3 rings (SSSR count). The van der Waals surface area contributed by atoms with E-state index in [4.69, 9.17) is 11.6 Å². The van der Waals surface area contributed by atoms with Gasteiger partial charge in [0.05, 0.1) is 18.8 Å². The molecule has 27 heavy (non-hydrogen) atoms. The molecule has 144 valence electrons. The number of aromatic nitrogens is 5. The highest BCUT2D eigenvalue weighted by molar-refractivity contribution is 6.28. The number of hydrogen-bond acceptors (Lipinski definition) is 6. The minimum atomic E-state index is -4.37. The lowest BCUT2D eigenvalue weighted by molar-refractivity contribution is -0.174. The number of nitrogens with one attached hydrogen (secondary N) is 1. The molecule has 0 radical (unpaired) electrons. The maximum Gasteiger partial charge on any atom is 0.411 e. The van der Waals surface area contributed by atoms with Gasteiger partial charge in [0.25, 0.3) is 0 Å². The number of alkyl halides is 3. The second-order valence-electron chi connectivity index (χ2n) is 5.80. The summed E-state index contributed by atoms with van der Waals surface area (Å²) in [7, 11) is 0. The Labute approximate surface area is 157 Å². The van der Waals surface area contributed by atoms with Crippen LogP contribution in [0.15, 0.2) is 18.2 Å². The van der Waals surface area contributed by atoms with Crippen LogP contribution >= 0.6 is 11.6 Å². The van der Waals surface area contributed by atoms with Crippen LogP contribution in [0.1, 0.15) is 11.4 Å². The van der Waals surface area contributed by atoms with E-state index < -0.39 is 12.8 Å². The van der Waals surface area contributed by atoms with Crippen LogP contribution in [-0.4, -0.2) is 44.1 Å². The number of aryl methyl sites for hydroxylation is 2. The predicted octanol–water partition coefficient (Wildman–Crippen LogP) is 3.81. The van der Waals surface area contributed by atoms with E-state index in [9.17, 15) is 13.2 Å². The van der Waals surface area contributed by atoms with Gasteiger partial charge in [0.2, 0.25) is 5.28 Å². The molecular weight excluding hydrogens is 385 g/mol. The van der Waals surface area contributed by atoms with Crippen molar-refractivity contribution in [2.45, 2.75) is 26.6 Å². The Bertz CT molecular complexity index is 959. The van der Waals surface area contributed by atoms with Crippen LogP contribution in [0.3, 0.4) is 0 Å². The zero-order valence-electron chi connectivity index (χ0n) is 14.5. The van der Waals surface area contributed by atoms with Crippen LogP contribution in [0.5, 0.6) is 0 Å². The van der Waals surface area contributed by atoms with E-state index in [1.54, 1.807) is 13.0 Å². The van der Waals surface area contributed by atoms with Crippen molar-refractivity contribution >= 4 is 34.3 Å². The first-order chi connectivity index (χ1) is 12.7. The summed E-state index contributed by atoms with van der Waals surface area (Å²) in [5, 5.41) is 7.41. The summed E-state index contributed by atoms with van der Waals surface area (Å²) in [5.41, 5.74) is 2.39. The van der Waals surface area contributed by atoms with E-state index in [1.165, 1.54) is 4.68 Å². The Kier molecular flexibility index (Phi) is 5.47. The van der Waals surface area contributed by atoms with Crippen LogP contribution < -0.4 is 5.32 Å². The highest BCUT2D eigenvalue weighted by Gasteiger charge is 2.27. The van der Waals surface area contributed by atoms with Crippen molar-refractivity contribution in [3.8, 4) is 0 Å². The molecule has 0 bridgehead atoms. The largest absolute Gasteiger partial charge is 0.411 e. The normalized spacial score (nSPS) is 11.9. The van der Waals surface area contributed by atoms with Crippen LogP contribution in [0, 0.1) is 13.8 Å². The first kappa shape index (κ1) is 19.3. The minimum Gasteiger partial charge on any atom is -0.370 e. The lowest BCUT2D eigenvalue weighted by atomic mass is 10.3. The van der Waals surface area contributed by atoms with E-state index in [2.05, 4.69) is 30.1 Å². The lowest BCUT2D eigenvalue weighted by Crippen LogP contribution is -2.19. The van der Waals surface area contributed by atoms with Gasteiger partial charge in [-0.1, -0.05) is 6.07 Å². The molecule has 0 fully saturated rings. The van der Waals surface area contributed by atoms with Crippen molar-refractivity contribution in [3.63, 3.8) is 0 Å². The third-order valence-corrected chi connectivity index (χ3v) is 3.75. The third kappa shape index (κ3) is 4.83. The first-order valence-electron chi connectivity index (χ1n) is 7.99. The van der Waals surface area contributed by atoms with Crippen molar-refractivity contribution < 1.29 is 17.9 Å². The summed E-state index contributed by atoms with van der Waals surface area (Å²) >= 11 is 6.01. The van der Waals surface area contributed by atoms with E-state index in [0.29, 0.717) is 28.4 Å². The molecule has 0 aromatic carbocycles. The van der Waals surface area contributed by atoms with Gasteiger partial charge in [0, 0.05) is 5.69 Å². The molecule has 0 unspecified atom stereocenters. The highest BCUT2D eigenvalue weighted by Crippen LogP contribution is 2.27. The highest BCUT2D eigenvalue weighted by atomic mass is 35.5. The number of halogens is 4. The van der Waals surface area contributed by atoms with Gasteiger partial charge in [-0.25, -0.2) is 9.97 Å². The Morgan fingerprint density at radius 2 is 1.96 bits per heavy atom. The van der Waals surface area contributed by atoms with Gasteiger partial charge in [0.15, 0.2) is 5.82 Å². The van der Waals surface area contributed by atoms with Crippen LogP contribution in [0.2, 0.25) is 5.28 Å². The smallest absolute Gasteiger partial charge is 0.370 e. The quantitative estimate of drug-likeness (QED) is 0.500. The second kappa shape index (κ2) is 7.65. The molecule has 0 aliphatic rings. The van der Waals surface area contributed by atoms with E-state index >= 15 is 0 Å². The predicted molar refractivity (Wildman–Crippen MR) is 94.2 cm³/mol. The van der Waals surface area contributed by atoms with Crippen molar-refractivity contribution in [2.75, 3.05) is 18.5 Å². The standard InChI is InChI=1S/C16H16ClF3N6O/c1-9-4-3-5-11(21-9)22-14-13-12(23-15(17)24-14)10(2)25-26(13)6-7-27-8-16(18,19)20/h3-5H,6-8H2,1-2H3,(H,21,22,23,24). The van der Waals surface area contributed by atoms with Crippen LogP contribution in [-0.2, 0) is 11.3 Å². The number of rotatable bonds is 6. The van der Waals surface area contributed by atoms with Crippen LogP contribution in [0.25, 0.3) is 11.0 Å². The van der Waals surface area contributed by atoms with Crippen molar-refractivity contribution in [2.24, 2.45) is 0 Å². The van der Waals surface area contributed by atoms with Gasteiger partial charge < -0.3 is 10.1 Å². The number of anilines is 2. The topological polar surface area (TPSA) is 77.8 Å². The molecule has 0 saturated carbocycles. The van der Waals surface area contributed by atoms with Gasteiger partial charge in [-0.15, -0.1) is 0 Å². The molecule has 0 spiro atoms. The zero-order chi connectivity index (χ0) is 19.6. The Balaban J connectivity index is 1.90. The SMILES string of the molecule is Cc1cccc(Nc2nc(Cl)nc3c(C)nn(CCOCC(F)(F)F)c23)n1. The van der Waals surface area contributed by atoms with E-state index in [0.717, 1.165) is 5.69 Å². The van der Waals surface area contributed by atoms with Crippen molar-refractivity contribution in [1.82, 2.24) is 24.7 Å². The fourth-order valence-corrected chi connectivity index (χ4v) is 2.69. The average Bonchev–Trinajstić information content (AvgIpc) is 2.87. The van der Waals surface area contributed by atoms with E-state index in [1.807, 2.05) is 19.1 Å². The molecule has 3 heterocycles. The zero-order valence-corrected chi connectivity index (χ0v) is 15.3. The van der Waals surface area contributed by atoms with Gasteiger partial charge in [-0.2, -0.15) is 23.3 Å². The average molecular weight is 401 g/mol. The fourth-order valence-electron chi connectivity index (χ4n) is 2.52. The number of fused-ring (bicyclic) bond motifs is 1. The van der Waals surface area contributed by atoms with Gasteiger partial charge in [-0.05, 0) is 37.6 Å².